The molecule has 0 aliphatic carbocycles. The van der Waals surface area contributed by atoms with Gasteiger partial charge in [0, 0.05) is 18.5 Å². The first-order chi connectivity index (χ1) is 15.7. The second-order valence-electron chi connectivity index (χ2n) is 7.64. The number of aliphatic hydroxyl groups is 1. The summed E-state index contributed by atoms with van der Waals surface area (Å²) < 4.78 is 18.5. The number of likely N-dealkylation sites (tertiary alicyclic amines) is 1. The Morgan fingerprint density at radius 2 is 1.76 bits per heavy atom. The third-order valence-corrected chi connectivity index (χ3v) is 5.47. The number of phenolic OH excluding ortho intramolecular Hbond substituents is 1. The van der Waals surface area contributed by atoms with E-state index >= 15 is 0 Å². The number of ether oxygens (including phenoxy) is 1. The number of ketones is 1. The first-order valence-corrected chi connectivity index (χ1v) is 10.4. The number of rotatable bonds is 9. The number of benzene rings is 2. The summed E-state index contributed by atoms with van der Waals surface area (Å²) in [6.45, 7) is 0.151. The molecule has 1 atom stereocenters. The maximum Gasteiger partial charge on any atom is 0.303 e. The van der Waals surface area contributed by atoms with E-state index in [1.54, 1.807) is 0 Å². The molecule has 0 radical (unpaired) electrons. The first kappa shape index (κ1) is 23.8. The molecule has 2 aromatic rings. The van der Waals surface area contributed by atoms with E-state index in [1.165, 1.54) is 42.3 Å². The fraction of sp³-hybridized carbons (Fsp3) is 0.292. The molecular formula is C24H24FNO7. The summed E-state index contributed by atoms with van der Waals surface area (Å²) in [5.74, 6) is -3.59. The average molecular weight is 457 g/mol. The Kier molecular flexibility index (Phi) is 7.32. The standard InChI is InChI=1S/C24H24FNO7/c1-33-18-13-15(8-11-17(18)27)21-20(22(30)14-6-9-16(25)10-7-14)23(31)24(32)26(21)12-4-2-3-5-19(28)29/h6-11,13,21,27,30H,2-5,12H2,1H3,(H,28,29)/t21-/m1/s1. The number of Topliss-reactive ketones (excluding diaryl/α,β-unsaturated/α-hetero) is 1. The summed E-state index contributed by atoms with van der Waals surface area (Å²) in [6.07, 6.45) is 1.40. The number of carboxylic acids is 1. The van der Waals surface area contributed by atoms with E-state index in [0.717, 1.165) is 12.1 Å². The highest BCUT2D eigenvalue weighted by molar-refractivity contribution is 6.46. The first-order valence-electron chi connectivity index (χ1n) is 10.4. The zero-order valence-corrected chi connectivity index (χ0v) is 18.0. The van der Waals surface area contributed by atoms with Gasteiger partial charge in [0.1, 0.15) is 11.6 Å². The van der Waals surface area contributed by atoms with E-state index in [9.17, 15) is 29.0 Å². The number of carbonyl (C=O) groups excluding carboxylic acids is 2. The second kappa shape index (κ2) is 10.2. The number of aliphatic hydroxyl groups excluding tert-OH is 1. The number of aromatic hydroxyl groups is 1. The molecule has 0 unspecified atom stereocenters. The molecule has 0 aromatic heterocycles. The van der Waals surface area contributed by atoms with Gasteiger partial charge in [-0.2, -0.15) is 0 Å². The van der Waals surface area contributed by atoms with E-state index in [1.807, 2.05) is 0 Å². The van der Waals surface area contributed by atoms with Crippen LogP contribution in [0.4, 0.5) is 4.39 Å². The number of amides is 1. The molecule has 1 fully saturated rings. The van der Waals surface area contributed by atoms with Gasteiger partial charge in [-0.05, 0) is 54.8 Å². The molecule has 1 heterocycles. The third kappa shape index (κ3) is 5.14. The van der Waals surface area contributed by atoms with Crippen molar-refractivity contribution >= 4 is 23.4 Å². The molecule has 33 heavy (non-hydrogen) atoms. The molecule has 1 amide bonds. The maximum atomic E-state index is 13.3. The van der Waals surface area contributed by atoms with Gasteiger partial charge in [-0.25, -0.2) is 4.39 Å². The predicted octanol–water partition coefficient (Wildman–Crippen LogP) is 3.61. The number of halogens is 1. The van der Waals surface area contributed by atoms with Crippen LogP contribution in [0.15, 0.2) is 48.0 Å². The van der Waals surface area contributed by atoms with Gasteiger partial charge in [0.25, 0.3) is 11.7 Å². The summed E-state index contributed by atoms with van der Waals surface area (Å²) in [6, 6.07) is 8.25. The fourth-order valence-electron chi connectivity index (χ4n) is 3.82. The topological polar surface area (TPSA) is 124 Å². The number of nitrogens with zero attached hydrogens (tertiary/aromatic N) is 1. The van der Waals surface area contributed by atoms with Gasteiger partial charge >= 0.3 is 5.97 Å². The maximum absolute atomic E-state index is 13.3. The number of phenols is 1. The van der Waals surface area contributed by atoms with Crippen LogP contribution in [0.3, 0.4) is 0 Å². The van der Waals surface area contributed by atoms with Crippen molar-refractivity contribution in [2.24, 2.45) is 0 Å². The van der Waals surface area contributed by atoms with Gasteiger partial charge in [0.2, 0.25) is 0 Å². The van der Waals surface area contributed by atoms with Crippen molar-refractivity contribution in [2.45, 2.75) is 31.7 Å². The largest absolute Gasteiger partial charge is 0.507 e. The van der Waals surface area contributed by atoms with Gasteiger partial charge in [-0.15, -0.1) is 0 Å². The van der Waals surface area contributed by atoms with Crippen molar-refractivity contribution in [2.75, 3.05) is 13.7 Å². The summed E-state index contributed by atoms with van der Waals surface area (Å²) in [5, 5.41) is 29.7. The molecule has 1 aliphatic heterocycles. The lowest BCUT2D eigenvalue weighted by Gasteiger charge is -2.25. The van der Waals surface area contributed by atoms with Gasteiger partial charge in [0.15, 0.2) is 11.5 Å². The van der Waals surface area contributed by atoms with Crippen molar-refractivity contribution in [3.8, 4) is 11.5 Å². The number of hydrogen-bond acceptors (Lipinski definition) is 6. The smallest absolute Gasteiger partial charge is 0.303 e. The molecule has 0 bridgehead atoms. The highest BCUT2D eigenvalue weighted by atomic mass is 19.1. The molecule has 2 aromatic carbocycles. The average Bonchev–Trinajstić information content (AvgIpc) is 3.04. The Bertz CT molecular complexity index is 1090. The van der Waals surface area contributed by atoms with E-state index < -0.39 is 35.3 Å². The molecule has 9 heteroatoms. The highest BCUT2D eigenvalue weighted by Crippen LogP contribution is 2.41. The van der Waals surface area contributed by atoms with Crippen LogP contribution < -0.4 is 4.74 Å². The van der Waals surface area contributed by atoms with Gasteiger partial charge in [-0.1, -0.05) is 12.5 Å². The van der Waals surface area contributed by atoms with E-state index in [2.05, 4.69) is 0 Å². The number of carboxylic acid groups (broad SMARTS) is 1. The Morgan fingerprint density at radius 3 is 2.39 bits per heavy atom. The molecule has 8 nitrogen and oxygen atoms in total. The van der Waals surface area contributed by atoms with Gasteiger partial charge < -0.3 is 25.0 Å². The molecule has 3 N–H and O–H groups in total. The molecular weight excluding hydrogens is 433 g/mol. The lowest BCUT2D eigenvalue weighted by atomic mass is 9.95. The lowest BCUT2D eigenvalue weighted by Crippen LogP contribution is -2.30. The Hall–Kier alpha value is -3.88. The minimum atomic E-state index is -0.968. The third-order valence-electron chi connectivity index (χ3n) is 5.47. The van der Waals surface area contributed by atoms with Crippen LogP contribution in [0.25, 0.3) is 5.76 Å². The number of aliphatic carboxylic acids is 1. The zero-order chi connectivity index (χ0) is 24.1. The minimum absolute atomic E-state index is 0.00196. The molecule has 0 spiro atoms. The van der Waals surface area contributed by atoms with E-state index in [0.29, 0.717) is 24.8 Å². The van der Waals surface area contributed by atoms with Crippen LogP contribution in [0.2, 0.25) is 0 Å². The van der Waals surface area contributed by atoms with Crippen LogP contribution in [-0.4, -0.2) is 51.5 Å². The quantitative estimate of drug-likeness (QED) is 0.227. The Balaban J connectivity index is 2.02. The monoisotopic (exact) mass is 457 g/mol. The van der Waals surface area contributed by atoms with Crippen LogP contribution in [0, 0.1) is 5.82 Å². The number of carbonyl (C=O) groups is 3. The summed E-state index contributed by atoms with van der Waals surface area (Å²) in [4.78, 5) is 37.8. The van der Waals surface area contributed by atoms with Crippen LogP contribution >= 0.6 is 0 Å². The number of hydrogen-bond donors (Lipinski definition) is 3. The molecule has 1 saturated heterocycles. The second-order valence-corrected chi connectivity index (χ2v) is 7.64. The molecule has 1 aliphatic rings. The minimum Gasteiger partial charge on any atom is -0.507 e. The van der Waals surface area contributed by atoms with Crippen molar-refractivity contribution < 1.29 is 38.8 Å². The summed E-state index contributed by atoms with van der Waals surface area (Å²) >= 11 is 0. The van der Waals surface area contributed by atoms with Crippen LogP contribution in [-0.2, 0) is 14.4 Å². The Morgan fingerprint density at radius 1 is 1.06 bits per heavy atom. The molecule has 174 valence electrons. The van der Waals surface area contributed by atoms with Crippen LogP contribution in [0.5, 0.6) is 11.5 Å². The van der Waals surface area contributed by atoms with Crippen LogP contribution in [0.1, 0.15) is 42.9 Å². The Labute approximate surface area is 189 Å². The predicted molar refractivity (Wildman–Crippen MR) is 116 cm³/mol. The van der Waals surface area contributed by atoms with Gasteiger partial charge in [0.05, 0.1) is 18.7 Å². The lowest BCUT2D eigenvalue weighted by molar-refractivity contribution is -0.140. The van der Waals surface area contributed by atoms with Crippen molar-refractivity contribution in [3.63, 3.8) is 0 Å². The number of unbranched alkanes of at least 4 members (excludes halogenated alkanes) is 2. The SMILES string of the molecule is COc1cc([C@@H]2C(=C(O)c3ccc(F)cc3)C(=O)C(=O)N2CCCCCC(=O)O)ccc1O. The van der Waals surface area contributed by atoms with E-state index in [-0.39, 0.29) is 35.6 Å². The van der Waals surface area contributed by atoms with Crippen molar-refractivity contribution in [3.05, 3.63) is 65.0 Å². The highest BCUT2D eigenvalue weighted by Gasteiger charge is 2.46. The van der Waals surface area contributed by atoms with Crippen molar-refractivity contribution in [1.82, 2.24) is 4.90 Å². The fourth-order valence-corrected chi connectivity index (χ4v) is 3.82. The number of methoxy groups -OCH3 is 1. The molecule has 3 rings (SSSR count). The normalized spacial score (nSPS) is 17.4. The summed E-state index contributed by atoms with van der Waals surface area (Å²) in [7, 11) is 1.36. The summed E-state index contributed by atoms with van der Waals surface area (Å²) in [5.41, 5.74) is 0.439. The van der Waals surface area contributed by atoms with E-state index in [4.69, 9.17) is 9.84 Å². The van der Waals surface area contributed by atoms with Crippen molar-refractivity contribution in [1.29, 1.82) is 0 Å². The van der Waals surface area contributed by atoms with Gasteiger partial charge in [-0.3, -0.25) is 14.4 Å². The molecule has 0 saturated carbocycles. The zero-order valence-electron chi connectivity index (χ0n) is 18.0.